The highest BCUT2D eigenvalue weighted by molar-refractivity contribution is 5.60. The van der Waals surface area contributed by atoms with Crippen LogP contribution in [0.1, 0.15) is 0 Å². The molecular weight excluding hydrogens is 165 g/mol. The molecule has 64 valence electrons. The Morgan fingerprint density at radius 1 is 1.33 bits per heavy atom. The molecule has 1 aromatic carbocycles. The summed E-state index contributed by atoms with van der Waals surface area (Å²) in [5.41, 5.74) is 9.25. The summed E-state index contributed by atoms with van der Waals surface area (Å²) in [4.78, 5) is 9.50. The van der Waals surface area contributed by atoms with E-state index in [0.29, 0.717) is 0 Å². The minimum absolute atomic E-state index is 0.314. The zero-order chi connectivity index (χ0) is 9.30. The fourth-order valence-electron chi connectivity index (χ4n) is 0.759. The summed E-state index contributed by atoms with van der Waals surface area (Å²) in [5.74, 6) is -0.819. The lowest BCUT2D eigenvalue weighted by molar-refractivity contribution is -0.384. The van der Waals surface area contributed by atoms with E-state index >= 15 is 0 Å². The number of nitrogen functional groups attached to an aromatic ring is 2. The van der Waals surface area contributed by atoms with Crippen LogP contribution in [0.5, 0.6) is 0 Å². The van der Waals surface area contributed by atoms with E-state index in [2.05, 4.69) is 0 Å². The molecule has 0 saturated carbocycles. The normalized spacial score (nSPS) is 9.75. The second-order valence-electron chi connectivity index (χ2n) is 2.20. The highest BCUT2D eigenvalue weighted by Crippen LogP contribution is 2.24. The number of nitro benzene ring substituents is 1. The quantitative estimate of drug-likeness (QED) is 0.372. The topological polar surface area (TPSA) is 95.2 Å². The third kappa shape index (κ3) is 1.26. The number of rotatable bonds is 1. The number of nitro groups is 1. The standard InChI is InChI=1S/C6H6FN3O2/c7-6-4(8)1-3(10(11)12)2-5(6)9/h1-2H,8-9H2. The summed E-state index contributed by atoms with van der Waals surface area (Å²) in [7, 11) is 0. The maximum absolute atomic E-state index is 12.7. The Kier molecular flexibility index (Phi) is 1.82. The molecule has 0 aromatic heterocycles. The van der Waals surface area contributed by atoms with Gasteiger partial charge in [-0.3, -0.25) is 10.1 Å². The van der Waals surface area contributed by atoms with Crippen molar-refractivity contribution < 1.29 is 9.31 Å². The predicted molar refractivity (Wildman–Crippen MR) is 41.9 cm³/mol. The maximum Gasteiger partial charge on any atom is 0.273 e. The Morgan fingerprint density at radius 2 is 1.75 bits per heavy atom. The van der Waals surface area contributed by atoms with Crippen molar-refractivity contribution in [2.75, 3.05) is 11.5 Å². The Balaban J connectivity index is 3.31. The molecule has 0 amide bonds. The van der Waals surface area contributed by atoms with Gasteiger partial charge >= 0.3 is 0 Å². The molecule has 5 nitrogen and oxygen atoms in total. The van der Waals surface area contributed by atoms with Gasteiger partial charge in [-0.05, 0) is 0 Å². The average Bonchev–Trinajstić information content (AvgIpc) is 1.99. The van der Waals surface area contributed by atoms with Gasteiger partial charge < -0.3 is 11.5 Å². The van der Waals surface area contributed by atoms with Crippen molar-refractivity contribution in [2.24, 2.45) is 0 Å². The first kappa shape index (κ1) is 8.25. The van der Waals surface area contributed by atoms with Gasteiger partial charge in [-0.15, -0.1) is 0 Å². The summed E-state index contributed by atoms with van der Waals surface area (Å²) in [5, 5.41) is 10.2. The molecule has 1 aromatic rings. The van der Waals surface area contributed by atoms with Crippen LogP contribution in [0.25, 0.3) is 0 Å². The van der Waals surface area contributed by atoms with E-state index in [4.69, 9.17) is 11.5 Å². The molecule has 0 aliphatic rings. The SMILES string of the molecule is Nc1cc([N+](=O)[O-])cc(N)c1F. The van der Waals surface area contributed by atoms with Gasteiger partial charge in [0, 0.05) is 12.1 Å². The van der Waals surface area contributed by atoms with Crippen LogP contribution in [-0.2, 0) is 0 Å². The molecule has 0 radical (unpaired) electrons. The summed E-state index contributed by atoms with van der Waals surface area (Å²) in [6, 6.07) is 1.84. The lowest BCUT2D eigenvalue weighted by atomic mass is 10.2. The van der Waals surface area contributed by atoms with Gasteiger partial charge in [0.2, 0.25) is 0 Å². The van der Waals surface area contributed by atoms with Gasteiger partial charge in [0.15, 0.2) is 5.82 Å². The van der Waals surface area contributed by atoms with Crippen molar-refractivity contribution >= 4 is 17.1 Å². The highest BCUT2D eigenvalue weighted by atomic mass is 19.1. The van der Waals surface area contributed by atoms with Gasteiger partial charge in [0.1, 0.15) is 0 Å². The van der Waals surface area contributed by atoms with Crippen LogP contribution >= 0.6 is 0 Å². The molecule has 0 bridgehead atoms. The van der Waals surface area contributed by atoms with Crippen LogP contribution in [0.2, 0.25) is 0 Å². The van der Waals surface area contributed by atoms with Crippen molar-refractivity contribution in [3.63, 3.8) is 0 Å². The second-order valence-corrected chi connectivity index (χ2v) is 2.20. The minimum Gasteiger partial charge on any atom is -0.396 e. The molecule has 6 heteroatoms. The summed E-state index contributed by atoms with van der Waals surface area (Å²) in [6.07, 6.45) is 0. The van der Waals surface area contributed by atoms with E-state index in [1.54, 1.807) is 0 Å². The first-order chi connectivity index (χ1) is 5.52. The molecule has 1 rings (SSSR count). The molecule has 0 saturated heterocycles. The van der Waals surface area contributed by atoms with Crippen molar-refractivity contribution in [3.05, 3.63) is 28.1 Å². The molecule has 0 fully saturated rings. The Bertz CT molecular complexity index is 317. The molecular formula is C6H6FN3O2. The third-order valence-corrected chi connectivity index (χ3v) is 1.32. The van der Waals surface area contributed by atoms with E-state index in [1.807, 2.05) is 0 Å². The van der Waals surface area contributed by atoms with Crippen LogP contribution in [0.15, 0.2) is 12.1 Å². The number of benzene rings is 1. The lowest BCUT2D eigenvalue weighted by Crippen LogP contribution is -1.99. The van der Waals surface area contributed by atoms with Gasteiger partial charge in [0.05, 0.1) is 16.3 Å². The zero-order valence-corrected chi connectivity index (χ0v) is 5.95. The molecule has 12 heavy (non-hydrogen) atoms. The summed E-state index contributed by atoms with van der Waals surface area (Å²) in [6.45, 7) is 0. The van der Waals surface area contributed by atoms with Crippen LogP contribution in [-0.4, -0.2) is 4.92 Å². The van der Waals surface area contributed by atoms with Crippen LogP contribution in [0.4, 0.5) is 21.5 Å². The first-order valence-electron chi connectivity index (χ1n) is 3.01. The Labute approximate surface area is 66.9 Å². The summed E-state index contributed by atoms with van der Waals surface area (Å²) >= 11 is 0. The minimum atomic E-state index is -0.819. The van der Waals surface area contributed by atoms with E-state index in [1.165, 1.54) is 0 Å². The number of nitrogens with two attached hydrogens (primary N) is 2. The zero-order valence-electron chi connectivity index (χ0n) is 5.95. The van der Waals surface area contributed by atoms with Gasteiger partial charge in [-0.25, -0.2) is 4.39 Å². The van der Waals surface area contributed by atoms with E-state index < -0.39 is 10.7 Å². The van der Waals surface area contributed by atoms with Crippen molar-refractivity contribution in [1.82, 2.24) is 0 Å². The van der Waals surface area contributed by atoms with Gasteiger partial charge in [-0.1, -0.05) is 0 Å². The van der Waals surface area contributed by atoms with E-state index in [9.17, 15) is 14.5 Å². The fraction of sp³-hybridized carbons (Fsp3) is 0. The molecule has 0 aliphatic carbocycles. The van der Waals surface area contributed by atoms with Gasteiger partial charge in [0.25, 0.3) is 5.69 Å². The Hall–Kier alpha value is -1.85. The molecule has 0 atom stereocenters. The van der Waals surface area contributed by atoms with Crippen molar-refractivity contribution in [3.8, 4) is 0 Å². The van der Waals surface area contributed by atoms with Crippen LogP contribution in [0, 0.1) is 15.9 Å². The molecule has 0 aliphatic heterocycles. The lowest BCUT2D eigenvalue weighted by Gasteiger charge is -1.99. The van der Waals surface area contributed by atoms with Gasteiger partial charge in [-0.2, -0.15) is 0 Å². The highest BCUT2D eigenvalue weighted by Gasteiger charge is 2.12. The number of hydrogen-bond donors (Lipinski definition) is 2. The smallest absolute Gasteiger partial charge is 0.273 e. The summed E-state index contributed by atoms with van der Waals surface area (Å²) < 4.78 is 12.7. The molecule has 0 unspecified atom stereocenters. The number of nitrogens with zero attached hydrogens (tertiary/aromatic N) is 1. The monoisotopic (exact) mass is 171 g/mol. The number of anilines is 2. The van der Waals surface area contributed by atoms with Crippen LogP contribution in [0.3, 0.4) is 0 Å². The maximum atomic E-state index is 12.7. The third-order valence-electron chi connectivity index (χ3n) is 1.32. The number of halogens is 1. The Morgan fingerprint density at radius 3 is 2.08 bits per heavy atom. The number of hydrogen-bond acceptors (Lipinski definition) is 4. The molecule has 4 N–H and O–H groups in total. The van der Waals surface area contributed by atoms with Crippen molar-refractivity contribution in [2.45, 2.75) is 0 Å². The predicted octanol–water partition coefficient (Wildman–Crippen LogP) is 0.898. The van der Waals surface area contributed by atoms with E-state index in [-0.39, 0.29) is 17.1 Å². The first-order valence-corrected chi connectivity index (χ1v) is 3.01. The van der Waals surface area contributed by atoms with E-state index in [0.717, 1.165) is 12.1 Å². The number of non-ortho nitro benzene ring substituents is 1. The molecule has 0 spiro atoms. The average molecular weight is 171 g/mol. The van der Waals surface area contributed by atoms with Crippen LogP contribution < -0.4 is 11.5 Å². The fourth-order valence-corrected chi connectivity index (χ4v) is 0.759. The molecule has 0 heterocycles. The van der Waals surface area contributed by atoms with Crippen molar-refractivity contribution in [1.29, 1.82) is 0 Å². The second kappa shape index (κ2) is 2.65. The largest absolute Gasteiger partial charge is 0.396 e.